The first-order chi connectivity index (χ1) is 10.4. The molecule has 0 saturated carbocycles. The van der Waals surface area contributed by atoms with E-state index < -0.39 is 8.80 Å². The molecule has 1 aromatic rings. The zero-order chi connectivity index (χ0) is 14.1. The van der Waals surface area contributed by atoms with Crippen molar-refractivity contribution >= 4 is 14.0 Å². The molecule has 0 N–H and O–H groups in total. The van der Waals surface area contributed by atoms with Crippen LogP contribution in [-0.4, -0.2) is 66.4 Å². The zero-order valence-corrected chi connectivity index (χ0v) is 12.9. The van der Waals surface area contributed by atoms with Crippen LogP contribution < -0.4 is 14.7 Å². The number of ether oxygens (including phenoxy) is 2. The van der Waals surface area contributed by atoms with Crippen LogP contribution in [0.15, 0.2) is 18.2 Å². The number of hydrogen-bond acceptors (Lipinski definition) is 6. The highest BCUT2D eigenvalue weighted by atomic mass is 28.4. The summed E-state index contributed by atoms with van der Waals surface area (Å²) in [6.07, 6.45) is 0. The van der Waals surface area contributed by atoms with Crippen LogP contribution in [0.5, 0.6) is 11.5 Å². The summed E-state index contributed by atoms with van der Waals surface area (Å²) < 4.78 is 29.5. The van der Waals surface area contributed by atoms with Gasteiger partial charge in [-0.1, -0.05) is 6.07 Å². The molecule has 1 aromatic carbocycles. The third kappa shape index (κ3) is 2.55. The topological polar surface area (TPSA) is 49.4 Å². The molecule has 114 valence electrons. The largest absolute Gasteiger partial charge is 0.537 e. The van der Waals surface area contributed by atoms with Gasteiger partial charge in [0.05, 0.1) is 19.8 Å². The van der Waals surface area contributed by atoms with E-state index in [1.807, 2.05) is 18.2 Å². The Kier molecular flexibility index (Phi) is 3.60. The van der Waals surface area contributed by atoms with E-state index in [0.29, 0.717) is 33.0 Å². The van der Waals surface area contributed by atoms with Crippen LogP contribution in [0.3, 0.4) is 0 Å². The SMILES string of the molecule is c1cc2c(cc1[Si]13OCCN(CCO1)CCO3)OCCO2. The summed E-state index contributed by atoms with van der Waals surface area (Å²) in [6, 6.07) is 5.87. The first kappa shape index (κ1) is 13.5. The number of benzene rings is 1. The molecule has 0 aromatic heterocycles. The van der Waals surface area contributed by atoms with Gasteiger partial charge in [0.2, 0.25) is 0 Å². The maximum atomic E-state index is 6.07. The average Bonchev–Trinajstić information content (AvgIpc) is 2.45. The predicted molar refractivity (Wildman–Crippen MR) is 77.1 cm³/mol. The first-order valence-electron chi connectivity index (χ1n) is 7.40. The number of fused-ring (bicyclic) bond motifs is 7. The van der Waals surface area contributed by atoms with E-state index in [4.69, 9.17) is 22.8 Å². The van der Waals surface area contributed by atoms with E-state index >= 15 is 0 Å². The molecule has 2 bridgehead atoms. The molecule has 3 fully saturated rings. The van der Waals surface area contributed by atoms with Crippen molar-refractivity contribution in [2.24, 2.45) is 0 Å². The summed E-state index contributed by atoms with van der Waals surface area (Å²) in [7, 11) is -2.82. The molecule has 4 aliphatic heterocycles. The van der Waals surface area contributed by atoms with Crippen LogP contribution in [-0.2, 0) is 13.3 Å². The van der Waals surface area contributed by atoms with Gasteiger partial charge in [0, 0.05) is 24.8 Å². The number of hydrogen-bond donors (Lipinski definition) is 0. The van der Waals surface area contributed by atoms with Crippen molar-refractivity contribution in [1.82, 2.24) is 4.90 Å². The summed E-state index contributed by atoms with van der Waals surface area (Å²) in [5.41, 5.74) is 0. The van der Waals surface area contributed by atoms with Gasteiger partial charge in [-0.15, -0.1) is 0 Å². The molecule has 0 unspecified atom stereocenters. The van der Waals surface area contributed by atoms with E-state index in [-0.39, 0.29) is 0 Å². The van der Waals surface area contributed by atoms with Crippen molar-refractivity contribution in [3.63, 3.8) is 0 Å². The Morgan fingerprint density at radius 1 is 0.762 bits per heavy atom. The van der Waals surface area contributed by atoms with Crippen molar-refractivity contribution in [2.45, 2.75) is 0 Å². The highest BCUT2D eigenvalue weighted by molar-refractivity contribution is 6.75. The van der Waals surface area contributed by atoms with Crippen LogP contribution in [0, 0.1) is 0 Å². The summed E-state index contributed by atoms with van der Waals surface area (Å²) in [6.45, 7) is 5.89. The monoisotopic (exact) mass is 309 g/mol. The molecular formula is C14H19NO5Si. The molecule has 0 spiro atoms. The molecule has 4 heterocycles. The van der Waals surface area contributed by atoms with Crippen molar-refractivity contribution in [3.8, 4) is 11.5 Å². The minimum Gasteiger partial charge on any atom is -0.486 e. The van der Waals surface area contributed by atoms with Gasteiger partial charge in [0.15, 0.2) is 11.5 Å². The van der Waals surface area contributed by atoms with Gasteiger partial charge in [-0.05, 0) is 12.1 Å². The molecule has 0 aliphatic carbocycles. The standard InChI is InChI=1S/C14H19NO5Si/c1-2-13-14(17-10-9-16-13)11-12(1)21-18-6-3-15(4-7-19-21)5-8-20-21/h1-2,11H,3-10H2. The zero-order valence-electron chi connectivity index (χ0n) is 11.9. The van der Waals surface area contributed by atoms with E-state index in [1.165, 1.54) is 0 Å². The van der Waals surface area contributed by atoms with Crippen molar-refractivity contribution in [1.29, 1.82) is 0 Å². The fraction of sp³-hybridized carbons (Fsp3) is 0.571. The van der Waals surface area contributed by atoms with Gasteiger partial charge < -0.3 is 22.8 Å². The lowest BCUT2D eigenvalue weighted by Crippen LogP contribution is -2.62. The van der Waals surface area contributed by atoms with Crippen LogP contribution in [0.4, 0.5) is 0 Å². The van der Waals surface area contributed by atoms with E-state index in [2.05, 4.69) is 4.90 Å². The fourth-order valence-corrected chi connectivity index (χ4v) is 5.30. The van der Waals surface area contributed by atoms with Crippen molar-refractivity contribution in [3.05, 3.63) is 18.2 Å². The predicted octanol–water partition coefficient (Wildman–Crippen LogP) is -0.0173. The molecule has 0 amide bonds. The molecule has 7 heteroatoms. The van der Waals surface area contributed by atoms with Gasteiger partial charge >= 0.3 is 8.80 Å². The van der Waals surface area contributed by atoms with Crippen LogP contribution in [0.1, 0.15) is 0 Å². The van der Waals surface area contributed by atoms with Gasteiger partial charge in [-0.2, -0.15) is 0 Å². The second-order valence-electron chi connectivity index (χ2n) is 5.30. The number of rotatable bonds is 1. The Balaban J connectivity index is 1.68. The molecule has 0 radical (unpaired) electrons. The Hall–Kier alpha value is -1.12. The second kappa shape index (κ2) is 5.58. The fourth-order valence-electron chi connectivity index (χ4n) is 2.87. The smallest absolute Gasteiger partial charge is 0.486 e. The minimum atomic E-state index is -2.82. The minimum absolute atomic E-state index is 0.572. The lowest BCUT2D eigenvalue weighted by Gasteiger charge is -2.38. The molecule has 4 aliphatic rings. The third-order valence-electron chi connectivity index (χ3n) is 3.99. The highest BCUT2D eigenvalue weighted by Gasteiger charge is 2.46. The maximum absolute atomic E-state index is 6.07. The van der Waals surface area contributed by atoms with Crippen LogP contribution >= 0.6 is 0 Å². The molecule has 3 saturated heterocycles. The molecule has 5 rings (SSSR count). The molecular weight excluding hydrogens is 290 g/mol. The quantitative estimate of drug-likeness (QED) is 0.680. The third-order valence-corrected chi connectivity index (χ3v) is 6.77. The van der Waals surface area contributed by atoms with Crippen molar-refractivity contribution < 1.29 is 22.8 Å². The van der Waals surface area contributed by atoms with Crippen LogP contribution in [0.25, 0.3) is 0 Å². The first-order valence-corrected chi connectivity index (χ1v) is 9.13. The van der Waals surface area contributed by atoms with E-state index in [0.717, 1.165) is 36.3 Å². The second-order valence-corrected chi connectivity index (χ2v) is 7.86. The Morgan fingerprint density at radius 2 is 1.38 bits per heavy atom. The number of nitrogens with zero attached hydrogens (tertiary/aromatic N) is 1. The lowest BCUT2D eigenvalue weighted by atomic mass is 10.3. The van der Waals surface area contributed by atoms with Gasteiger partial charge in [0.25, 0.3) is 0 Å². The van der Waals surface area contributed by atoms with E-state index in [9.17, 15) is 0 Å². The Bertz CT molecular complexity index is 500. The van der Waals surface area contributed by atoms with Gasteiger partial charge in [0.1, 0.15) is 13.2 Å². The molecule has 6 nitrogen and oxygen atoms in total. The van der Waals surface area contributed by atoms with Crippen molar-refractivity contribution in [2.75, 3.05) is 52.7 Å². The summed E-state index contributed by atoms with van der Waals surface area (Å²) in [4.78, 5) is 2.31. The maximum Gasteiger partial charge on any atom is 0.537 e. The average molecular weight is 309 g/mol. The highest BCUT2D eigenvalue weighted by Crippen LogP contribution is 2.30. The van der Waals surface area contributed by atoms with E-state index in [1.54, 1.807) is 0 Å². The summed E-state index contributed by atoms with van der Waals surface area (Å²) in [5.74, 6) is 1.53. The summed E-state index contributed by atoms with van der Waals surface area (Å²) >= 11 is 0. The Morgan fingerprint density at radius 3 is 2.05 bits per heavy atom. The molecule has 0 atom stereocenters. The van der Waals surface area contributed by atoms with Gasteiger partial charge in [-0.3, -0.25) is 4.90 Å². The lowest BCUT2D eigenvalue weighted by molar-refractivity contribution is 0.00135. The molecule has 21 heavy (non-hydrogen) atoms. The summed E-state index contributed by atoms with van der Waals surface area (Å²) in [5, 5.41) is 0.960. The normalized spacial score (nSPS) is 32.1. The van der Waals surface area contributed by atoms with Crippen LogP contribution in [0.2, 0.25) is 0 Å². The Labute approximate surface area is 124 Å². The van der Waals surface area contributed by atoms with Gasteiger partial charge in [-0.25, -0.2) is 0 Å².